The first-order valence-corrected chi connectivity index (χ1v) is 10.7. The number of rotatable bonds is 8. The lowest BCUT2D eigenvalue weighted by Crippen LogP contribution is -2.36. The molecule has 172 valence electrons. The van der Waals surface area contributed by atoms with E-state index in [4.69, 9.17) is 4.74 Å². The molecule has 0 fully saturated rings. The highest BCUT2D eigenvalue weighted by Crippen LogP contribution is 2.21. The maximum absolute atomic E-state index is 12.4. The van der Waals surface area contributed by atoms with Crippen LogP contribution in [0, 0.1) is 0 Å². The van der Waals surface area contributed by atoms with Crippen LogP contribution in [0.15, 0.2) is 88.5 Å². The van der Waals surface area contributed by atoms with Gasteiger partial charge in [0.05, 0.1) is 25.0 Å². The van der Waals surface area contributed by atoms with E-state index in [0.29, 0.717) is 17.1 Å². The first-order chi connectivity index (χ1) is 16.5. The lowest BCUT2D eigenvalue weighted by Gasteiger charge is -2.10. The summed E-state index contributed by atoms with van der Waals surface area (Å²) in [5.41, 5.74) is 2.20. The fourth-order valence-corrected chi connectivity index (χ4v) is 3.36. The molecular formula is C25H23N5O4. The van der Waals surface area contributed by atoms with Crippen LogP contribution in [-0.2, 0) is 17.9 Å². The Morgan fingerprint density at radius 2 is 1.47 bits per heavy atom. The van der Waals surface area contributed by atoms with Crippen LogP contribution in [-0.4, -0.2) is 39.1 Å². The standard InChI is InChI=1S/C25H23N5O4/c1-34-20-9-5-8-19(16-20)22-11-13-25(33)30(28-22)17-23(31)26-14-15-29-24(32)12-10-21(27-29)18-6-3-2-4-7-18/h2-13,16H,14-15,17H2,1H3,(H,26,31). The molecule has 2 heterocycles. The van der Waals surface area contributed by atoms with E-state index in [-0.39, 0.29) is 25.2 Å². The fraction of sp³-hybridized carbons (Fsp3) is 0.160. The average molecular weight is 457 g/mol. The van der Waals surface area contributed by atoms with Crippen molar-refractivity contribution < 1.29 is 9.53 Å². The zero-order valence-electron chi connectivity index (χ0n) is 18.5. The van der Waals surface area contributed by atoms with Gasteiger partial charge in [-0.2, -0.15) is 10.2 Å². The van der Waals surface area contributed by atoms with Crippen molar-refractivity contribution in [2.45, 2.75) is 13.1 Å². The molecule has 0 aliphatic heterocycles. The lowest BCUT2D eigenvalue weighted by molar-refractivity contribution is -0.121. The molecule has 0 saturated carbocycles. The van der Waals surface area contributed by atoms with Crippen molar-refractivity contribution in [1.29, 1.82) is 0 Å². The van der Waals surface area contributed by atoms with Gasteiger partial charge in [-0.25, -0.2) is 9.36 Å². The summed E-state index contributed by atoms with van der Waals surface area (Å²) in [7, 11) is 1.57. The Hall–Kier alpha value is -4.53. The topological polar surface area (TPSA) is 108 Å². The van der Waals surface area contributed by atoms with E-state index in [0.717, 1.165) is 15.8 Å². The molecule has 0 spiro atoms. The Morgan fingerprint density at radius 1 is 0.824 bits per heavy atom. The largest absolute Gasteiger partial charge is 0.497 e. The van der Waals surface area contributed by atoms with Crippen LogP contribution < -0.4 is 21.2 Å². The number of amides is 1. The molecule has 4 rings (SSSR count). The molecule has 0 unspecified atom stereocenters. The molecular weight excluding hydrogens is 434 g/mol. The quantitative estimate of drug-likeness (QED) is 0.433. The molecule has 0 atom stereocenters. The summed E-state index contributed by atoms with van der Waals surface area (Å²) in [5.74, 6) is 0.264. The number of ether oxygens (including phenoxy) is 1. The average Bonchev–Trinajstić information content (AvgIpc) is 2.87. The van der Waals surface area contributed by atoms with E-state index in [1.807, 2.05) is 48.5 Å². The third-order valence-corrected chi connectivity index (χ3v) is 5.11. The number of carbonyl (C=O) groups is 1. The van der Waals surface area contributed by atoms with E-state index in [1.165, 1.54) is 16.8 Å². The first kappa shape index (κ1) is 22.7. The summed E-state index contributed by atoms with van der Waals surface area (Å²) in [6.07, 6.45) is 0. The van der Waals surface area contributed by atoms with Crippen molar-refractivity contribution in [2.75, 3.05) is 13.7 Å². The number of hydrogen-bond donors (Lipinski definition) is 1. The lowest BCUT2D eigenvalue weighted by atomic mass is 10.1. The summed E-state index contributed by atoms with van der Waals surface area (Å²) in [6, 6.07) is 22.9. The number of methoxy groups -OCH3 is 1. The Labute approximate surface area is 195 Å². The van der Waals surface area contributed by atoms with Crippen LogP contribution in [0.5, 0.6) is 5.75 Å². The summed E-state index contributed by atoms with van der Waals surface area (Å²) in [6.45, 7) is 0.120. The van der Waals surface area contributed by atoms with Crippen molar-refractivity contribution in [3.8, 4) is 28.3 Å². The van der Waals surface area contributed by atoms with Gasteiger partial charge in [-0.15, -0.1) is 0 Å². The number of nitrogens with one attached hydrogen (secondary N) is 1. The molecule has 9 nitrogen and oxygen atoms in total. The molecule has 2 aromatic carbocycles. The van der Waals surface area contributed by atoms with E-state index in [2.05, 4.69) is 15.5 Å². The molecule has 0 aliphatic rings. The van der Waals surface area contributed by atoms with E-state index in [1.54, 1.807) is 25.3 Å². The Balaban J connectivity index is 1.40. The predicted molar refractivity (Wildman–Crippen MR) is 127 cm³/mol. The number of benzene rings is 2. The zero-order valence-corrected chi connectivity index (χ0v) is 18.5. The Bertz CT molecular complexity index is 1410. The number of carbonyl (C=O) groups excluding carboxylic acids is 1. The molecule has 2 aromatic heterocycles. The highest BCUT2D eigenvalue weighted by atomic mass is 16.5. The maximum atomic E-state index is 12.4. The highest BCUT2D eigenvalue weighted by Gasteiger charge is 2.09. The van der Waals surface area contributed by atoms with Gasteiger partial charge in [0.25, 0.3) is 11.1 Å². The summed E-state index contributed by atoms with van der Waals surface area (Å²) in [4.78, 5) is 36.8. The molecule has 9 heteroatoms. The monoisotopic (exact) mass is 457 g/mol. The molecule has 0 saturated heterocycles. The van der Waals surface area contributed by atoms with E-state index >= 15 is 0 Å². The molecule has 1 N–H and O–H groups in total. The summed E-state index contributed by atoms with van der Waals surface area (Å²) in [5, 5.41) is 11.4. The molecule has 34 heavy (non-hydrogen) atoms. The molecule has 1 amide bonds. The predicted octanol–water partition coefficient (Wildman–Crippen LogP) is 1.96. The SMILES string of the molecule is COc1cccc(-c2ccc(=O)n(CC(=O)NCCn3nc(-c4ccccc4)ccc3=O)n2)c1. The molecule has 0 aliphatic carbocycles. The van der Waals surface area contributed by atoms with Gasteiger partial charge in [0.1, 0.15) is 12.3 Å². The Kier molecular flexibility index (Phi) is 6.92. The fourth-order valence-electron chi connectivity index (χ4n) is 3.36. The second-order valence-corrected chi connectivity index (χ2v) is 7.44. The van der Waals surface area contributed by atoms with Crippen LogP contribution in [0.1, 0.15) is 0 Å². The van der Waals surface area contributed by atoms with Gasteiger partial charge in [0, 0.05) is 29.8 Å². The number of aromatic nitrogens is 4. The third-order valence-electron chi connectivity index (χ3n) is 5.11. The van der Waals surface area contributed by atoms with Crippen LogP contribution in [0.4, 0.5) is 0 Å². The van der Waals surface area contributed by atoms with Crippen molar-refractivity contribution in [1.82, 2.24) is 24.9 Å². The summed E-state index contributed by atoms with van der Waals surface area (Å²) < 4.78 is 7.63. The van der Waals surface area contributed by atoms with Crippen LogP contribution in [0.3, 0.4) is 0 Å². The van der Waals surface area contributed by atoms with Crippen molar-refractivity contribution >= 4 is 5.91 Å². The molecule has 0 bridgehead atoms. The minimum absolute atomic E-state index is 0.175. The number of hydrogen-bond acceptors (Lipinski definition) is 6. The van der Waals surface area contributed by atoms with Gasteiger partial charge in [0.15, 0.2) is 0 Å². The minimum Gasteiger partial charge on any atom is -0.497 e. The van der Waals surface area contributed by atoms with E-state index < -0.39 is 11.5 Å². The van der Waals surface area contributed by atoms with Gasteiger partial charge in [0.2, 0.25) is 5.91 Å². The second-order valence-electron chi connectivity index (χ2n) is 7.44. The molecule has 4 aromatic rings. The summed E-state index contributed by atoms with van der Waals surface area (Å²) >= 11 is 0. The van der Waals surface area contributed by atoms with Gasteiger partial charge >= 0.3 is 0 Å². The second kappa shape index (κ2) is 10.4. The Morgan fingerprint density at radius 3 is 2.21 bits per heavy atom. The van der Waals surface area contributed by atoms with Crippen LogP contribution >= 0.6 is 0 Å². The normalized spacial score (nSPS) is 10.6. The zero-order chi connectivity index (χ0) is 23.9. The third kappa shape index (κ3) is 5.44. The first-order valence-electron chi connectivity index (χ1n) is 10.7. The van der Waals surface area contributed by atoms with Crippen LogP contribution in [0.2, 0.25) is 0 Å². The highest BCUT2D eigenvalue weighted by molar-refractivity contribution is 5.75. The van der Waals surface area contributed by atoms with Crippen molar-refractivity contribution in [3.63, 3.8) is 0 Å². The number of nitrogens with zero attached hydrogens (tertiary/aromatic N) is 4. The van der Waals surface area contributed by atoms with Gasteiger partial charge in [-0.1, -0.05) is 42.5 Å². The smallest absolute Gasteiger partial charge is 0.267 e. The van der Waals surface area contributed by atoms with Gasteiger partial charge in [-0.05, 0) is 24.3 Å². The van der Waals surface area contributed by atoms with Crippen LogP contribution in [0.25, 0.3) is 22.5 Å². The van der Waals surface area contributed by atoms with Crippen molar-refractivity contribution in [2.24, 2.45) is 0 Å². The molecule has 0 radical (unpaired) electrons. The minimum atomic E-state index is -0.398. The van der Waals surface area contributed by atoms with Gasteiger partial charge in [-0.3, -0.25) is 14.4 Å². The maximum Gasteiger partial charge on any atom is 0.267 e. The van der Waals surface area contributed by atoms with E-state index in [9.17, 15) is 14.4 Å². The van der Waals surface area contributed by atoms with Gasteiger partial charge < -0.3 is 10.1 Å². The van der Waals surface area contributed by atoms with Crippen molar-refractivity contribution in [3.05, 3.63) is 99.6 Å².